The van der Waals surface area contributed by atoms with Crippen LogP contribution >= 0.6 is 0 Å². The topological polar surface area (TPSA) is 91.9 Å². The predicted octanol–water partition coefficient (Wildman–Crippen LogP) is 3.18. The van der Waals surface area contributed by atoms with E-state index in [9.17, 15) is 4.79 Å². The van der Waals surface area contributed by atoms with Crippen LogP contribution in [-0.4, -0.2) is 34.5 Å². The Balaban J connectivity index is 1.79. The number of rotatable bonds is 6. The Bertz CT molecular complexity index is 888. The molecular formula is C18H21N5O2. The fourth-order valence-electron chi connectivity index (χ4n) is 2.30. The van der Waals surface area contributed by atoms with Gasteiger partial charge < -0.3 is 20.4 Å². The van der Waals surface area contributed by atoms with Gasteiger partial charge >= 0.3 is 0 Å². The van der Waals surface area contributed by atoms with Crippen LogP contribution < -0.4 is 15.4 Å². The summed E-state index contributed by atoms with van der Waals surface area (Å²) < 4.78 is 5.84. The molecule has 7 heteroatoms. The quantitative estimate of drug-likeness (QED) is 0.641. The van der Waals surface area contributed by atoms with Crippen LogP contribution in [0, 0.1) is 5.92 Å². The van der Waals surface area contributed by atoms with Crippen LogP contribution in [0.5, 0.6) is 11.5 Å². The summed E-state index contributed by atoms with van der Waals surface area (Å²) in [5, 5.41) is 5.81. The van der Waals surface area contributed by atoms with E-state index in [1.807, 2.05) is 18.2 Å². The molecular weight excluding hydrogens is 318 g/mol. The summed E-state index contributed by atoms with van der Waals surface area (Å²) in [6.45, 7) is 5.13. The zero-order valence-electron chi connectivity index (χ0n) is 14.5. The second-order valence-corrected chi connectivity index (χ2v) is 6.10. The van der Waals surface area contributed by atoms with Crippen molar-refractivity contribution < 1.29 is 9.53 Å². The van der Waals surface area contributed by atoms with E-state index in [1.165, 1.54) is 0 Å². The van der Waals surface area contributed by atoms with Crippen LogP contribution in [0.2, 0.25) is 0 Å². The van der Waals surface area contributed by atoms with Crippen molar-refractivity contribution in [2.75, 3.05) is 18.9 Å². The molecule has 0 spiro atoms. The molecule has 3 N–H and O–H groups in total. The average molecular weight is 339 g/mol. The number of benzene rings is 1. The van der Waals surface area contributed by atoms with E-state index in [4.69, 9.17) is 4.74 Å². The fourth-order valence-corrected chi connectivity index (χ4v) is 2.30. The predicted molar refractivity (Wildman–Crippen MR) is 97.1 cm³/mol. The molecule has 0 saturated heterocycles. The maximum Gasteiger partial charge on any atom is 0.269 e. The van der Waals surface area contributed by atoms with Crippen LogP contribution in [0.15, 0.2) is 36.5 Å². The number of imidazole rings is 1. The Morgan fingerprint density at radius 2 is 2.04 bits per heavy atom. The number of anilines is 1. The molecule has 1 aromatic carbocycles. The molecule has 7 nitrogen and oxygen atoms in total. The molecule has 0 radical (unpaired) electrons. The SMILES string of the molecule is CNC(=O)c1cc(Oc2ccc3nc(NCC(C)C)[nH]c3c2)ccn1. The lowest BCUT2D eigenvalue weighted by atomic mass is 10.2. The number of pyridine rings is 1. The van der Waals surface area contributed by atoms with Crippen molar-refractivity contribution in [3.8, 4) is 11.5 Å². The van der Waals surface area contributed by atoms with Gasteiger partial charge in [-0.25, -0.2) is 4.98 Å². The first-order chi connectivity index (χ1) is 12.0. The van der Waals surface area contributed by atoms with Crippen LogP contribution in [0.25, 0.3) is 11.0 Å². The van der Waals surface area contributed by atoms with Crippen molar-refractivity contribution in [2.24, 2.45) is 5.92 Å². The van der Waals surface area contributed by atoms with Gasteiger partial charge in [-0.1, -0.05) is 13.8 Å². The number of hydrogen-bond donors (Lipinski definition) is 3. The van der Waals surface area contributed by atoms with Crippen LogP contribution in [0.1, 0.15) is 24.3 Å². The van der Waals surface area contributed by atoms with Crippen molar-refractivity contribution in [2.45, 2.75) is 13.8 Å². The molecule has 0 bridgehead atoms. The van der Waals surface area contributed by atoms with Gasteiger partial charge in [-0.05, 0) is 24.1 Å². The standard InChI is InChI=1S/C18H21N5O2/c1-11(2)10-21-18-22-14-5-4-12(8-15(14)23-18)25-13-6-7-20-16(9-13)17(24)19-3/h4-9,11H,10H2,1-3H3,(H,19,24)(H2,21,22,23). The van der Waals surface area contributed by atoms with Gasteiger partial charge in [-0.15, -0.1) is 0 Å². The number of aromatic amines is 1. The molecule has 1 amide bonds. The van der Waals surface area contributed by atoms with Gasteiger partial charge in [0.2, 0.25) is 5.95 Å². The first kappa shape index (κ1) is 16.8. The fraction of sp³-hybridized carbons (Fsp3) is 0.278. The zero-order valence-corrected chi connectivity index (χ0v) is 14.5. The summed E-state index contributed by atoms with van der Waals surface area (Å²) in [5.74, 6) is 2.22. The number of H-pyrrole nitrogens is 1. The maximum absolute atomic E-state index is 11.7. The molecule has 2 aromatic heterocycles. The number of nitrogens with one attached hydrogen (secondary N) is 3. The molecule has 0 saturated carbocycles. The zero-order chi connectivity index (χ0) is 17.8. The highest BCUT2D eigenvalue weighted by molar-refractivity contribution is 5.92. The number of ether oxygens (including phenoxy) is 1. The van der Waals surface area contributed by atoms with Gasteiger partial charge in [0.05, 0.1) is 11.0 Å². The number of hydrogen-bond acceptors (Lipinski definition) is 5. The first-order valence-electron chi connectivity index (χ1n) is 8.15. The van der Waals surface area contributed by atoms with Gasteiger partial charge in [0.15, 0.2) is 0 Å². The Labute approximate surface area is 145 Å². The number of aromatic nitrogens is 3. The second-order valence-electron chi connectivity index (χ2n) is 6.10. The number of nitrogens with zero attached hydrogens (tertiary/aromatic N) is 2. The summed E-state index contributed by atoms with van der Waals surface area (Å²) in [6.07, 6.45) is 1.54. The Hall–Kier alpha value is -3.09. The van der Waals surface area contributed by atoms with Gasteiger partial charge in [0.25, 0.3) is 5.91 Å². The highest BCUT2D eigenvalue weighted by Crippen LogP contribution is 2.25. The van der Waals surface area contributed by atoms with E-state index < -0.39 is 0 Å². The molecule has 0 aliphatic heterocycles. The lowest BCUT2D eigenvalue weighted by molar-refractivity contribution is 0.0958. The van der Waals surface area contributed by atoms with E-state index >= 15 is 0 Å². The summed E-state index contributed by atoms with van der Waals surface area (Å²) >= 11 is 0. The van der Waals surface area contributed by atoms with E-state index in [2.05, 4.69) is 39.4 Å². The van der Waals surface area contributed by atoms with Gasteiger partial charge in [0.1, 0.15) is 17.2 Å². The minimum atomic E-state index is -0.254. The third-order valence-electron chi connectivity index (χ3n) is 3.56. The Morgan fingerprint density at radius 1 is 1.24 bits per heavy atom. The van der Waals surface area contributed by atoms with Crippen molar-refractivity contribution in [1.82, 2.24) is 20.3 Å². The van der Waals surface area contributed by atoms with Crippen molar-refractivity contribution in [1.29, 1.82) is 0 Å². The normalized spacial score (nSPS) is 10.9. The molecule has 3 aromatic rings. The second kappa shape index (κ2) is 7.21. The molecule has 0 aliphatic rings. The van der Waals surface area contributed by atoms with Gasteiger partial charge in [0, 0.05) is 31.9 Å². The van der Waals surface area contributed by atoms with Crippen LogP contribution in [0.4, 0.5) is 5.95 Å². The molecule has 0 unspecified atom stereocenters. The minimum Gasteiger partial charge on any atom is -0.457 e. The van der Waals surface area contributed by atoms with E-state index in [0.29, 0.717) is 23.1 Å². The van der Waals surface area contributed by atoms with Gasteiger partial charge in [-0.3, -0.25) is 9.78 Å². The number of carbonyl (C=O) groups excluding carboxylic acids is 1. The Morgan fingerprint density at radius 3 is 2.80 bits per heavy atom. The summed E-state index contributed by atoms with van der Waals surface area (Å²) in [5.41, 5.74) is 2.05. The van der Waals surface area contributed by atoms with Crippen LogP contribution in [-0.2, 0) is 0 Å². The lowest BCUT2D eigenvalue weighted by Gasteiger charge is -2.06. The number of amides is 1. The van der Waals surface area contributed by atoms with Gasteiger partial charge in [-0.2, -0.15) is 0 Å². The minimum absolute atomic E-state index is 0.254. The highest BCUT2D eigenvalue weighted by Gasteiger charge is 2.08. The largest absolute Gasteiger partial charge is 0.457 e. The Kier molecular flexibility index (Phi) is 4.83. The van der Waals surface area contributed by atoms with Crippen molar-refractivity contribution in [3.63, 3.8) is 0 Å². The average Bonchev–Trinajstić information content (AvgIpc) is 3.01. The molecule has 25 heavy (non-hydrogen) atoms. The first-order valence-corrected chi connectivity index (χ1v) is 8.15. The van der Waals surface area contributed by atoms with Crippen LogP contribution in [0.3, 0.4) is 0 Å². The molecule has 0 atom stereocenters. The lowest BCUT2D eigenvalue weighted by Crippen LogP contribution is -2.18. The number of fused-ring (bicyclic) bond motifs is 1. The van der Waals surface area contributed by atoms with E-state index in [1.54, 1.807) is 25.4 Å². The number of carbonyl (C=O) groups is 1. The monoisotopic (exact) mass is 339 g/mol. The molecule has 130 valence electrons. The molecule has 3 rings (SSSR count). The smallest absolute Gasteiger partial charge is 0.269 e. The summed E-state index contributed by atoms with van der Waals surface area (Å²) in [6, 6.07) is 8.92. The van der Waals surface area contributed by atoms with Crippen molar-refractivity contribution in [3.05, 3.63) is 42.2 Å². The molecule has 0 aliphatic carbocycles. The summed E-state index contributed by atoms with van der Waals surface area (Å²) in [7, 11) is 1.56. The van der Waals surface area contributed by atoms with E-state index in [-0.39, 0.29) is 5.91 Å². The third kappa shape index (κ3) is 4.06. The third-order valence-corrected chi connectivity index (χ3v) is 3.56. The maximum atomic E-state index is 11.7. The molecule has 2 heterocycles. The summed E-state index contributed by atoms with van der Waals surface area (Å²) in [4.78, 5) is 23.4. The van der Waals surface area contributed by atoms with E-state index in [0.717, 1.165) is 23.5 Å². The van der Waals surface area contributed by atoms with Crippen molar-refractivity contribution >= 4 is 22.9 Å². The molecule has 0 fully saturated rings. The highest BCUT2D eigenvalue weighted by atomic mass is 16.5.